The summed E-state index contributed by atoms with van der Waals surface area (Å²) in [5.74, 6) is -0.500. The highest BCUT2D eigenvalue weighted by Gasteiger charge is 2.18. The number of hydrogen-bond acceptors (Lipinski definition) is 4. The Kier molecular flexibility index (Phi) is 9.35. The van der Waals surface area contributed by atoms with Crippen LogP contribution in [0.5, 0.6) is 0 Å². The minimum atomic E-state index is -3.01. The van der Waals surface area contributed by atoms with Gasteiger partial charge in [-0.15, -0.1) is 0 Å². The highest BCUT2D eigenvalue weighted by Crippen LogP contribution is 2.29. The number of nitrogens with one attached hydrogen (secondary N) is 2. The summed E-state index contributed by atoms with van der Waals surface area (Å²) in [6, 6.07) is 14.8. The largest absolute Gasteiger partial charge is 0.369 e. The summed E-state index contributed by atoms with van der Waals surface area (Å²) < 4.78 is 73.3. The zero-order valence-electron chi connectivity index (χ0n) is 19.8. The summed E-state index contributed by atoms with van der Waals surface area (Å²) in [6.45, 7) is 2.02. The van der Waals surface area contributed by atoms with Crippen molar-refractivity contribution in [2.24, 2.45) is 7.05 Å². The van der Waals surface area contributed by atoms with Gasteiger partial charge in [0.25, 0.3) is 6.43 Å². The summed E-state index contributed by atoms with van der Waals surface area (Å²) in [5.41, 5.74) is 1.68. The molecular formula is C26H27F5N4O. The number of nitrogens with zero attached hydrogens (tertiary/aromatic N) is 2. The van der Waals surface area contributed by atoms with Crippen LogP contribution in [0.1, 0.15) is 35.5 Å². The van der Waals surface area contributed by atoms with Gasteiger partial charge in [0.05, 0.1) is 30.5 Å². The Bertz CT molecular complexity index is 1190. The van der Waals surface area contributed by atoms with E-state index in [9.17, 15) is 22.0 Å². The SMILES string of the molecule is C[C@@H](OCc1ccccc1)c1cc(F)ccc1N/C(=C\C(=N)C(F)F)Cc1cc(CC(F)F)nn1C. The molecule has 0 aliphatic carbocycles. The van der Waals surface area contributed by atoms with Crippen LogP contribution in [0.15, 0.2) is 66.4 Å². The molecule has 5 nitrogen and oxygen atoms in total. The molecule has 1 atom stereocenters. The number of aryl methyl sites for hydroxylation is 1. The minimum absolute atomic E-state index is 0.00208. The van der Waals surface area contributed by atoms with Gasteiger partial charge >= 0.3 is 0 Å². The van der Waals surface area contributed by atoms with Crippen LogP contribution in [-0.2, 0) is 31.2 Å². The summed E-state index contributed by atoms with van der Waals surface area (Å²) in [4.78, 5) is 0. The lowest BCUT2D eigenvalue weighted by molar-refractivity contribution is 0.0528. The molecule has 0 saturated carbocycles. The first-order valence-electron chi connectivity index (χ1n) is 11.2. The van der Waals surface area contributed by atoms with E-state index in [0.29, 0.717) is 16.9 Å². The van der Waals surface area contributed by atoms with Gasteiger partial charge in [-0.25, -0.2) is 22.0 Å². The lowest BCUT2D eigenvalue weighted by Gasteiger charge is -2.20. The van der Waals surface area contributed by atoms with Gasteiger partial charge in [0, 0.05) is 36.1 Å². The van der Waals surface area contributed by atoms with Gasteiger partial charge < -0.3 is 10.1 Å². The Labute approximate surface area is 206 Å². The van der Waals surface area contributed by atoms with Crippen LogP contribution in [0, 0.1) is 11.2 Å². The normalized spacial score (nSPS) is 12.9. The molecule has 0 bridgehead atoms. The van der Waals surface area contributed by atoms with E-state index in [4.69, 9.17) is 10.1 Å². The molecule has 0 saturated heterocycles. The Morgan fingerprint density at radius 1 is 1.11 bits per heavy atom. The fraction of sp³-hybridized carbons (Fsp3) is 0.308. The number of hydrogen-bond donors (Lipinski definition) is 2. The number of benzene rings is 2. The molecule has 0 aliphatic rings. The van der Waals surface area contributed by atoms with Crippen molar-refractivity contribution in [2.75, 3.05) is 5.32 Å². The van der Waals surface area contributed by atoms with Crippen molar-refractivity contribution in [3.63, 3.8) is 0 Å². The number of ether oxygens (including phenoxy) is 1. The predicted octanol–water partition coefficient (Wildman–Crippen LogP) is 6.47. The van der Waals surface area contributed by atoms with Crippen LogP contribution in [0.3, 0.4) is 0 Å². The maximum atomic E-state index is 14.1. The smallest absolute Gasteiger partial charge is 0.279 e. The molecule has 0 fully saturated rings. The standard InChI is InChI=1S/C26H27F5N4O/c1-16(36-15-17-6-4-3-5-7-17)22-10-18(27)8-9-24(22)33-19(13-23(32)26(30)31)11-21-12-20(14-25(28)29)34-35(21)2/h3-10,12-13,16,25-26,32-33H,11,14-15H2,1-2H3/b19-13-,32-23?/t16-/m1/s1. The summed E-state index contributed by atoms with van der Waals surface area (Å²) in [5, 5.41) is 14.7. The first-order chi connectivity index (χ1) is 17.1. The second-order valence-corrected chi connectivity index (χ2v) is 8.24. The van der Waals surface area contributed by atoms with Crippen LogP contribution >= 0.6 is 0 Å². The molecular weight excluding hydrogens is 479 g/mol. The number of allylic oxidation sites excluding steroid dienone is 2. The Morgan fingerprint density at radius 3 is 2.50 bits per heavy atom. The fourth-order valence-electron chi connectivity index (χ4n) is 3.61. The van der Waals surface area contributed by atoms with Crippen molar-refractivity contribution in [3.8, 4) is 0 Å². The monoisotopic (exact) mass is 506 g/mol. The van der Waals surface area contributed by atoms with Crippen molar-refractivity contribution in [3.05, 3.63) is 94.7 Å². The minimum Gasteiger partial charge on any atom is -0.369 e. The third-order valence-corrected chi connectivity index (χ3v) is 5.42. The lowest BCUT2D eigenvalue weighted by atomic mass is 10.1. The zero-order chi connectivity index (χ0) is 26.2. The maximum Gasteiger partial charge on any atom is 0.279 e. The third-order valence-electron chi connectivity index (χ3n) is 5.42. The maximum absolute atomic E-state index is 14.1. The predicted molar refractivity (Wildman–Crippen MR) is 128 cm³/mol. The summed E-state index contributed by atoms with van der Waals surface area (Å²) >= 11 is 0. The molecule has 0 aliphatic heterocycles. The molecule has 0 spiro atoms. The van der Waals surface area contributed by atoms with E-state index >= 15 is 0 Å². The lowest BCUT2D eigenvalue weighted by Crippen LogP contribution is -2.14. The topological polar surface area (TPSA) is 62.9 Å². The van der Waals surface area contributed by atoms with Crippen LogP contribution in [0.4, 0.5) is 27.6 Å². The van der Waals surface area contributed by atoms with Gasteiger partial charge in [-0.1, -0.05) is 30.3 Å². The molecule has 36 heavy (non-hydrogen) atoms. The van der Waals surface area contributed by atoms with E-state index in [2.05, 4.69) is 10.4 Å². The number of alkyl halides is 4. The molecule has 2 aromatic carbocycles. The quantitative estimate of drug-likeness (QED) is 0.219. The van der Waals surface area contributed by atoms with Gasteiger partial charge in [-0.2, -0.15) is 5.10 Å². The van der Waals surface area contributed by atoms with Gasteiger partial charge in [0.15, 0.2) is 0 Å². The van der Waals surface area contributed by atoms with Crippen molar-refractivity contribution in [2.45, 2.75) is 45.3 Å². The average Bonchev–Trinajstić information content (AvgIpc) is 3.16. The Balaban J connectivity index is 1.87. The van der Waals surface area contributed by atoms with Crippen molar-refractivity contribution < 1.29 is 26.7 Å². The van der Waals surface area contributed by atoms with E-state index in [1.54, 1.807) is 14.0 Å². The second kappa shape index (κ2) is 12.4. The molecule has 192 valence electrons. The second-order valence-electron chi connectivity index (χ2n) is 8.24. The summed E-state index contributed by atoms with van der Waals surface area (Å²) in [7, 11) is 1.56. The number of anilines is 1. The van der Waals surface area contributed by atoms with Crippen molar-refractivity contribution >= 4 is 11.4 Å². The molecule has 1 aromatic heterocycles. The van der Waals surface area contributed by atoms with Crippen LogP contribution in [0.2, 0.25) is 0 Å². The third kappa shape index (κ3) is 7.74. The average molecular weight is 507 g/mol. The van der Waals surface area contributed by atoms with Gasteiger partial charge in [-0.05, 0) is 42.8 Å². The van der Waals surface area contributed by atoms with Crippen molar-refractivity contribution in [1.82, 2.24) is 9.78 Å². The van der Waals surface area contributed by atoms with E-state index < -0.39 is 36.9 Å². The highest BCUT2D eigenvalue weighted by atomic mass is 19.3. The van der Waals surface area contributed by atoms with E-state index in [-0.39, 0.29) is 24.4 Å². The number of rotatable bonds is 12. The van der Waals surface area contributed by atoms with Gasteiger partial charge in [-0.3, -0.25) is 10.1 Å². The highest BCUT2D eigenvalue weighted by molar-refractivity contribution is 5.95. The first-order valence-corrected chi connectivity index (χ1v) is 11.2. The summed E-state index contributed by atoms with van der Waals surface area (Å²) in [6.07, 6.45) is -5.71. The van der Waals surface area contributed by atoms with Crippen LogP contribution in [0.25, 0.3) is 0 Å². The molecule has 3 rings (SSSR count). The van der Waals surface area contributed by atoms with E-state index in [1.807, 2.05) is 30.3 Å². The molecule has 10 heteroatoms. The fourth-order valence-corrected chi connectivity index (χ4v) is 3.61. The van der Waals surface area contributed by atoms with E-state index in [1.165, 1.54) is 28.9 Å². The zero-order valence-corrected chi connectivity index (χ0v) is 19.8. The van der Waals surface area contributed by atoms with Gasteiger partial charge in [0.1, 0.15) is 5.82 Å². The Morgan fingerprint density at radius 2 is 1.83 bits per heavy atom. The molecule has 0 unspecified atom stereocenters. The van der Waals surface area contributed by atoms with Crippen LogP contribution < -0.4 is 5.32 Å². The number of aromatic nitrogens is 2. The molecule has 0 amide bonds. The van der Waals surface area contributed by atoms with E-state index in [0.717, 1.165) is 11.6 Å². The van der Waals surface area contributed by atoms with Crippen molar-refractivity contribution in [1.29, 1.82) is 5.41 Å². The first kappa shape index (κ1) is 27.1. The van der Waals surface area contributed by atoms with Crippen LogP contribution in [-0.4, -0.2) is 28.3 Å². The molecule has 1 heterocycles. The molecule has 3 aromatic rings. The Hall–Kier alpha value is -3.53. The molecule has 0 radical (unpaired) electrons. The number of halogens is 5. The molecule has 2 N–H and O–H groups in total. The van der Waals surface area contributed by atoms with Gasteiger partial charge in [0.2, 0.25) is 6.43 Å².